The predicted molar refractivity (Wildman–Crippen MR) is 126 cm³/mol. The Labute approximate surface area is 190 Å². The van der Waals surface area contributed by atoms with Crippen LogP contribution in [-0.4, -0.2) is 51.7 Å². The fourth-order valence-electron chi connectivity index (χ4n) is 3.93. The van der Waals surface area contributed by atoms with Crippen molar-refractivity contribution in [3.63, 3.8) is 0 Å². The summed E-state index contributed by atoms with van der Waals surface area (Å²) in [7, 11) is 1.92. The lowest BCUT2D eigenvalue weighted by atomic mass is 10.1. The van der Waals surface area contributed by atoms with Crippen molar-refractivity contribution in [1.82, 2.24) is 14.7 Å². The second-order valence-electron chi connectivity index (χ2n) is 8.51. The highest BCUT2D eigenvalue weighted by molar-refractivity contribution is 5.65. The fraction of sp³-hybridized carbons (Fsp3) is 0.423. The van der Waals surface area contributed by atoms with Crippen LogP contribution in [0.3, 0.4) is 0 Å². The quantitative estimate of drug-likeness (QED) is 0.479. The molecular weight excluding hydrogens is 402 g/mol. The minimum Gasteiger partial charge on any atom is -0.439 e. The van der Waals surface area contributed by atoms with E-state index in [2.05, 4.69) is 24.0 Å². The number of nitrogens with zero attached hydrogens (tertiary/aromatic N) is 3. The van der Waals surface area contributed by atoms with Gasteiger partial charge in [0.15, 0.2) is 0 Å². The molecule has 0 spiro atoms. The van der Waals surface area contributed by atoms with E-state index in [-0.39, 0.29) is 0 Å². The molecule has 1 saturated carbocycles. The highest BCUT2D eigenvalue weighted by atomic mass is 16.5. The van der Waals surface area contributed by atoms with E-state index in [1.54, 1.807) is 0 Å². The van der Waals surface area contributed by atoms with Crippen molar-refractivity contribution < 1.29 is 14.6 Å². The first-order valence-electron chi connectivity index (χ1n) is 11.4. The zero-order valence-electron chi connectivity index (χ0n) is 19.2. The zero-order chi connectivity index (χ0) is 22.5. The van der Waals surface area contributed by atoms with Crippen molar-refractivity contribution >= 4 is 0 Å². The molecule has 3 aromatic rings. The third-order valence-corrected chi connectivity index (χ3v) is 5.75. The Balaban J connectivity index is 1.66. The molecule has 1 N–H and O–H groups in total. The maximum atomic E-state index is 10.5. The van der Waals surface area contributed by atoms with Crippen molar-refractivity contribution in [2.75, 3.05) is 19.8 Å². The van der Waals surface area contributed by atoms with Crippen LogP contribution in [0.5, 0.6) is 11.6 Å². The fourth-order valence-corrected chi connectivity index (χ4v) is 3.93. The molecule has 0 aliphatic heterocycles. The molecule has 1 fully saturated rings. The maximum Gasteiger partial charge on any atom is 0.222 e. The Kier molecular flexibility index (Phi) is 7.25. The Morgan fingerprint density at radius 3 is 2.50 bits per heavy atom. The van der Waals surface area contributed by atoms with Crippen LogP contribution in [0.2, 0.25) is 0 Å². The summed E-state index contributed by atoms with van der Waals surface area (Å²) in [4.78, 5) is 2.34. The number of aliphatic hydroxyl groups excluding tert-OH is 1. The molecule has 1 aliphatic rings. The van der Waals surface area contributed by atoms with E-state index in [0.717, 1.165) is 41.3 Å². The first kappa shape index (κ1) is 22.5. The van der Waals surface area contributed by atoms with Gasteiger partial charge in [0.1, 0.15) is 11.4 Å². The number of hydrogen-bond donors (Lipinski definition) is 1. The minimum absolute atomic E-state index is 0.352. The van der Waals surface area contributed by atoms with E-state index in [4.69, 9.17) is 14.6 Å². The van der Waals surface area contributed by atoms with Crippen molar-refractivity contribution in [2.24, 2.45) is 7.05 Å². The third kappa shape index (κ3) is 5.57. The van der Waals surface area contributed by atoms with Crippen molar-refractivity contribution in [2.45, 2.75) is 45.4 Å². The van der Waals surface area contributed by atoms with Crippen molar-refractivity contribution in [3.05, 3.63) is 65.7 Å². The average Bonchev–Trinajstić information content (AvgIpc) is 3.60. The molecule has 0 amide bonds. The van der Waals surface area contributed by atoms with Gasteiger partial charge in [-0.2, -0.15) is 5.10 Å². The van der Waals surface area contributed by atoms with Gasteiger partial charge in [-0.15, -0.1) is 0 Å². The lowest BCUT2D eigenvalue weighted by molar-refractivity contribution is 0.0178. The van der Waals surface area contributed by atoms with E-state index in [1.807, 2.05) is 61.1 Å². The minimum atomic E-state index is -0.520. The van der Waals surface area contributed by atoms with E-state index in [0.29, 0.717) is 32.3 Å². The lowest BCUT2D eigenvalue weighted by Crippen LogP contribution is -2.36. The molecule has 1 aromatic heterocycles. The van der Waals surface area contributed by atoms with E-state index < -0.39 is 6.10 Å². The molecule has 6 nitrogen and oxygen atoms in total. The highest BCUT2D eigenvalue weighted by Gasteiger charge is 2.33. The molecule has 1 atom stereocenters. The van der Waals surface area contributed by atoms with Gasteiger partial charge in [0.25, 0.3) is 0 Å². The number of benzene rings is 2. The van der Waals surface area contributed by atoms with Crippen LogP contribution in [0, 0.1) is 6.92 Å². The molecule has 0 unspecified atom stereocenters. The summed E-state index contributed by atoms with van der Waals surface area (Å²) in [5.74, 6) is 1.52. The van der Waals surface area contributed by atoms with Crippen LogP contribution in [0.1, 0.15) is 30.9 Å². The molecule has 6 heteroatoms. The van der Waals surface area contributed by atoms with Gasteiger partial charge in [-0.05, 0) is 38.8 Å². The number of aromatic nitrogens is 2. The monoisotopic (exact) mass is 435 g/mol. The van der Waals surface area contributed by atoms with Gasteiger partial charge >= 0.3 is 0 Å². The summed E-state index contributed by atoms with van der Waals surface area (Å²) in [5, 5.41) is 15.3. The number of hydrogen-bond acceptors (Lipinski definition) is 5. The molecule has 4 rings (SSSR count). The summed E-state index contributed by atoms with van der Waals surface area (Å²) < 4.78 is 13.6. The van der Waals surface area contributed by atoms with Crippen LogP contribution >= 0.6 is 0 Å². The predicted octanol–water partition coefficient (Wildman–Crippen LogP) is 4.55. The highest BCUT2D eigenvalue weighted by Crippen LogP contribution is 2.37. The van der Waals surface area contributed by atoms with Gasteiger partial charge in [-0.3, -0.25) is 4.90 Å². The Morgan fingerprint density at radius 2 is 1.84 bits per heavy atom. The van der Waals surface area contributed by atoms with Crippen LogP contribution in [0.4, 0.5) is 0 Å². The summed E-state index contributed by atoms with van der Waals surface area (Å²) in [5.41, 5.74) is 4.20. The number of ether oxygens (including phenoxy) is 2. The van der Waals surface area contributed by atoms with Crippen LogP contribution in [-0.2, 0) is 18.3 Å². The largest absolute Gasteiger partial charge is 0.439 e. The number of aryl methyl sites for hydroxylation is 2. The van der Waals surface area contributed by atoms with Gasteiger partial charge in [-0.1, -0.05) is 48.0 Å². The maximum absolute atomic E-state index is 10.5. The Hall–Kier alpha value is -2.67. The third-order valence-electron chi connectivity index (χ3n) is 5.75. The Bertz CT molecular complexity index is 997. The normalized spacial score (nSPS) is 14.7. The molecule has 0 saturated heterocycles. The van der Waals surface area contributed by atoms with Gasteiger partial charge < -0.3 is 14.6 Å². The number of aliphatic hydroxyl groups is 1. The molecular formula is C26H33N3O3. The second-order valence-corrected chi connectivity index (χ2v) is 8.51. The van der Waals surface area contributed by atoms with Crippen molar-refractivity contribution in [1.29, 1.82) is 0 Å². The van der Waals surface area contributed by atoms with E-state index in [9.17, 15) is 5.11 Å². The molecule has 0 radical (unpaired) electrons. The Morgan fingerprint density at radius 1 is 1.12 bits per heavy atom. The second kappa shape index (κ2) is 10.3. The first-order valence-corrected chi connectivity index (χ1v) is 11.4. The van der Waals surface area contributed by atoms with E-state index >= 15 is 0 Å². The molecule has 2 aromatic carbocycles. The number of rotatable bonds is 11. The molecule has 0 bridgehead atoms. The van der Waals surface area contributed by atoms with Crippen LogP contribution < -0.4 is 4.74 Å². The molecule has 1 heterocycles. The molecule has 1 aliphatic carbocycles. The van der Waals surface area contributed by atoms with Gasteiger partial charge in [-0.25, -0.2) is 4.68 Å². The first-order chi connectivity index (χ1) is 15.5. The summed E-state index contributed by atoms with van der Waals surface area (Å²) in [6.45, 7) is 6.20. The summed E-state index contributed by atoms with van der Waals surface area (Å²) in [6.07, 6.45) is 1.78. The lowest BCUT2D eigenvalue weighted by Gasteiger charge is -2.25. The molecule has 32 heavy (non-hydrogen) atoms. The van der Waals surface area contributed by atoms with Gasteiger partial charge in [0.05, 0.1) is 18.3 Å². The van der Waals surface area contributed by atoms with Gasteiger partial charge in [0, 0.05) is 38.3 Å². The van der Waals surface area contributed by atoms with E-state index in [1.165, 1.54) is 5.56 Å². The average molecular weight is 436 g/mol. The topological polar surface area (TPSA) is 59.8 Å². The summed E-state index contributed by atoms with van der Waals surface area (Å²) in [6, 6.07) is 18.8. The van der Waals surface area contributed by atoms with Crippen molar-refractivity contribution in [3.8, 4) is 22.9 Å². The zero-order valence-corrected chi connectivity index (χ0v) is 19.2. The van der Waals surface area contributed by atoms with Crippen LogP contribution in [0.15, 0.2) is 54.6 Å². The smallest absolute Gasteiger partial charge is 0.222 e. The summed E-state index contributed by atoms with van der Waals surface area (Å²) >= 11 is 0. The van der Waals surface area contributed by atoms with Gasteiger partial charge in [0.2, 0.25) is 5.88 Å². The SMILES string of the molecule is CCOC[C@H](O)CN(Cc1c(-c2ccccc2)nn(C)c1Oc1ccc(C)cc1)C1CC1. The van der Waals surface area contributed by atoms with Crippen LogP contribution in [0.25, 0.3) is 11.3 Å². The standard InChI is InChI=1S/C26H33N3O3/c1-4-31-18-22(30)16-29(21-12-13-21)17-24-25(20-8-6-5-7-9-20)27-28(3)26(24)32-23-14-10-19(2)11-15-23/h5-11,14-15,21-22,30H,4,12-13,16-18H2,1-3H3/t22-/m1/s1. The molecule has 170 valence electrons.